The summed E-state index contributed by atoms with van der Waals surface area (Å²) < 4.78 is 13.3. The van der Waals surface area contributed by atoms with Crippen molar-refractivity contribution < 1.29 is 14.3 Å². The molecule has 4 rings (SSSR count). The summed E-state index contributed by atoms with van der Waals surface area (Å²) in [6.07, 6.45) is 1.81. The molecule has 1 aliphatic heterocycles. The Kier molecular flexibility index (Phi) is 4.01. The van der Waals surface area contributed by atoms with Gasteiger partial charge in [-0.3, -0.25) is 4.79 Å². The average Bonchev–Trinajstić information content (AvgIpc) is 3.08. The molecule has 128 valence electrons. The molecule has 0 unspecified atom stereocenters. The quantitative estimate of drug-likeness (QED) is 0.734. The molecule has 25 heavy (non-hydrogen) atoms. The van der Waals surface area contributed by atoms with Crippen LogP contribution in [0, 0.1) is 0 Å². The number of carbonyl (C=O) groups excluding carboxylic acids is 1. The summed E-state index contributed by atoms with van der Waals surface area (Å²) in [4.78, 5) is 18.9. The number of ether oxygens (including phenoxy) is 2. The summed E-state index contributed by atoms with van der Waals surface area (Å²) in [5.41, 5.74) is 2.56. The molecule has 0 spiro atoms. The van der Waals surface area contributed by atoms with Gasteiger partial charge >= 0.3 is 0 Å². The Bertz CT molecular complexity index is 919. The molecule has 6 nitrogen and oxygen atoms in total. The van der Waals surface area contributed by atoms with Crippen LogP contribution in [0.3, 0.4) is 0 Å². The molecule has 1 aromatic heterocycles. The van der Waals surface area contributed by atoms with Gasteiger partial charge in [0.15, 0.2) is 11.5 Å². The predicted octanol–water partition coefficient (Wildman–Crippen LogP) is 2.58. The van der Waals surface area contributed by atoms with E-state index >= 15 is 0 Å². The predicted molar refractivity (Wildman–Crippen MR) is 94.1 cm³/mol. The SMILES string of the molecule is CN(CCn1cnc2ccccc21)C(=O)c1cccc2c1OCCO2. The Morgan fingerprint density at radius 3 is 2.92 bits per heavy atom. The van der Waals surface area contributed by atoms with Gasteiger partial charge in [-0.15, -0.1) is 0 Å². The van der Waals surface area contributed by atoms with Crippen LogP contribution >= 0.6 is 0 Å². The number of aromatic nitrogens is 2. The Balaban J connectivity index is 1.50. The lowest BCUT2D eigenvalue weighted by Crippen LogP contribution is -2.31. The zero-order chi connectivity index (χ0) is 17.2. The van der Waals surface area contributed by atoms with Gasteiger partial charge in [0.1, 0.15) is 13.2 Å². The van der Waals surface area contributed by atoms with Crippen molar-refractivity contribution in [2.45, 2.75) is 6.54 Å². The lowest BCUT2D eigenvalue weighted by molar-refractivity contribution is 0.0780. The smallest absolute Gasteiger partial charge is 0.257 e. The number of rotatable bonds is 4. The van der Waals surface area contributed by atoms with Crippen LogP contribution in [0.4, 0.5) is 0 Å². The van der Waals surface area contributed by atoms with E-state index in [0.717, 1.165) is 11.0 Å². The van der Waals surface area contributed by atoms with Crippen LogP contribution in [0.2, 0.25) is 0 Å². The minimum atomic E-state index is -0.0771. The molecular weight excluding hydrogens is 318 g/mol. The molecule has 0 aliphatic carbocycles. The second-order valence-electron chi connectivity index (χ2n) is 5.98. The number of para-hydroxylation sites is 3. The number of hydrogen-bond acceptors (Lipinski definition) is 4. The van der Waals surface area contributed by atoms with Crippen LogP contribution in [0.1, 0.15) is 10.4 Å². The molecule has 1 aliphatic rings. The topological polar surface area (TPSA) is 56.6 Å². The average molecular weight is 337 g/mol. The number of amides is 1. The van der Waals surface area contributed by atoms with Crippen molar-refractivity contribution in [1.82, 2.24) is 14.5 Å². The number of nitrogens with zero attached hydrogens (tertiary/aromatic N) is 3. The van der Waals surface area contributed by atoms with Gasteiger partial charge in [-0.2, -0.15) is 0 Å². The summed E-state index contributed by atoms with van der Waals surface area (Å²) in [7, 11) is 1.80. The van der Waals surface area contributed by atoms with E-state index in [1.165, 1.54) is 0 Å². The first-order valence-electron chi connectivity index (χ1n) is 8.28. The fraction of sp³-hybridized carbons (Fsp3) is 0.263. The lowest BCUT2D eigenvalue weighted by Gasteiger charge is -2.23. The van der Waals surface area contributed by atoms with Crippen molar-refractivity contribution in [2.24, 2.45) is 0 Å². The van der Waals surface area contributed by atoms with E-state index in [1.54, 1.807) is 18.0 Å². The van der Waals surface area contributed by atoms with Crippen molar-refractivity contribution in [3.8, 4) is 11.5 Å². The number of hydrogen-bond donors (Lipinski definition) is 0. The van der Waals surface area contributed by atoms with Gasteiger partial charge in [0.2, 0.25) is 0 Å². The molecular formula is C19H19N3O3. The van der Waals surface area contributed by atoms with Crippen LogP contribution in [-0.2, 0) is 6.54 Å². The van der Waals surface area contributed by atoms with E-state index in [2.05, 4.69) is 9.55 Å². The number of carbonyl (C=O) groups is 1. The molecule has 0 N–H and O–H groups in total. The number of imidazole rings is 1. The third-order valence-corrected chi connectivity index (χ3v) is 4.35. The molecule has 1 amide bonds. The van der Waals surface area contributed by atoms with E-state index in [4.69, 9.17) is 9.47 Å². The summed E-state index contributed by atoms with van der Waals surface area (Å²) in [6, 6.07) is 13.4. The summed E-state index contributed by atoms with van der Waals surface area (Å²) >= 11 is 0. The molecule has 0 saturated carbocycles. The fourth-order valence-electron chi connectivity index (χ4n) is 3.00. The molecule has 0 atom stereocenters. The van der Waals surface area contributed by atoms with Gasteiger partial charge < -0.3 is 18.9 Å². The third-order valence-electron chi connectivity index (χ3n) is 4.35. The van der Waals surface area contributed by atoms with Crippen molar-refractivity contribution >= 4 is 16.9 Å². The van der Waals surface area contributed by atoms with Crippen LogP contribution < -0.4 is 9.47 Å². The van der Waals surface area contributed by atoms with E-state index < -0.39 is 0 Å². The van der Waals surface area contributed by atoms with E-state index in [9.17, 15) is 4.79 Å². The Morgan fingerprint density at radius 2 is 2.00 bits per heavy atom. The highest BCUT2D eigenvalue weighted by atomic mass is 16.6. The van der Waals surface area contributed by atoms with Crippen molar-refractivity contribution in [2.75, 3.05) is 26.8 Å². The second-order valence-corrected chi connectivity index (χ2v) is 5.98. The molecule has 2 aromatic carbocycles. The first-order chi connectivity index (χ1) is 12.2. The fourth-order valence-corrected chi connectivity index (χ4v) is 3.00. The van der Waals surface area contributed by atoms with E-state index in [-0.39, 0.29) is 5.91 Å². The monoisotopic (exact) mass is 337 g/mol. The highest BCUT2D eigenvalue weighted by Gasteiger charge is 2.22. The highest BCUT2D eigenvalue weighted by molar-refractivity contribution is 5.97. The van der Waals surface area contributed by atoms with E-state index in [1.807, 2.05) is 42.7 Å². The number of likely N-dealkylation sites (N-methyl/N-ethyl adjacent to an activating group) is 1. The van der Waals surface area contributed by atoms with Crippen molar-refractivity contribution in [3.63, 3.8) is 0 Å². The third kappa shape index (κ3) is 2.91. The van der Waals surface area contributed by atoms with Crippen molar-refractivity contribution in [1.29, 1.82) is 0 Å². The Labute approximate surface area is 145 Å². The standard InChI is InChI=1S/C19H19N3O3/c1-21(9-10-22-13-20-15-6-2-3-7-16(15)22)19(23)14-5-4-8-17-18(14)25-12-11-24-17/h2-8,13H,9-12H2,1H3. The van der Waals surface area contributed by atoms with Gasteiger partial charge in [0.25, 0.3) is 5.91 Å². The molecule has 0 radical (unpaired) electrons. The molecule has 0 fully saturated rings. The molecule has 0 bridgehead atoms. The molecule has 0 saturated heterocycles. The minimum Gasteiger partial charge on any atom is -0.486 e. The highest BCUT2D eigenvalue weighted by Crippen LogP contribution is 2.34. The Hall–Kier alpha value is -3.02. The zero-order valence-electron chi connectivity index (χ0n) is 14.0. The Morgan fingerprint density at radius 1 is 1.16 bits per heavy atom. The van der Waals surface area contributed by atoms with Gasteiger partial charge in [-0.05, 0) is 24.3 Å². The number of benzene rings is 2. The summed E-state index contributed by atoms with van der Waals surface area (Å²) in [5.74, 6) is 1.09. The van der Waals surface area contributed by atoms with Gasteiger partial charge in [-0.25, -0.2) is 4.98 Å². The maximum atomic E-state index is 12.8. The zero-order valence-corrected chi connectivity index (χ0v) is 14.0. The first kappa shape index (κ1) is 15.5. The van der Waals surface area contributed by atoms with Gasteiger partial charge in [0.05, 0.1) is 22.9 Å². The van der Waals surface area contributed by atoms with Crippen LogP contribution in [-0.4, -0.2) is 47.2 Å². The first-order valence-corrected chi connectivity index (χ1v) is 8.28. The molecule has 2 heterocycles. The van der Waals surface area contributed by atoms with E-state index in [0.29, 0.717) is 43.4 Å². The summed E-state index contributed by atoms with van der Waals surface area (Å²) in [5, 5.41) is 0. The molecule has 6 heteroatoms. The lowest BCUT2D eigenvalue weighted by atomic mass is 10.1. The number of fused-ring (bicyclic) bond motifs is 2. The van der Waals surface area contributed by atoms with Crippen LogP contribution in [0.15, 0.2) is 48.8 Å². The normalized spacial score (nSPS) is 13.0. The summed E-state index contributed by atoms with van der Waals surface area (Å²) in [6.45, 7) is 2.22. The van der Waals surface area contributed by atoms with Gasteiger partial charge in [0, 0.05) is 20.1 Å². The largest absolute Gasteiger partial charge is 0.486 e. The second kappa shape index (κ2) is 6.47. The van der Waals surface area contributed by atoms with Gasteiger partial charge in [-0.1, -0.05) is 18.2 Å². The van der Waals surface area contributed by atoms with Crippen LogP contribution in [0.25, 0.3) is 11.0 Å². The molecule has 3 aromatic rings. The maximum absolute atomic E-state index is 12.8. The minimum absolute atomic E-state index is 0.0771. The van der Waals surface area contributed by atoms with Crippen LogP contribution in [0.5, 0.6) is 11.5 Å². The maximum Gasteiger partial charge on any atom is 0.257 e. The van der Waals surface area contributed by atoms with Crippen molar-refractivity contribution in [3.05, 3.63) is 54.4 Å².